The lowest BCUT2D eigenvalue weighted by atomic mass is 10.2. The van der Waals surface area contributed by atoms with E-state index in [9.17, 15) is 0 Å². The lowest BCUT2D eigenvalue weighted by Crippen LogP contribution is -1.88. The van der Waals surface area contributed by atoms with Gasteiger partial charge in [0.1, 0.15) is 5.69 Å². The molecule has 0 aliphatic carbocycles. The van der Waals surface area contributed by atoms with E-state index in [1.54, 1.807) is 6.20 Å². The molecule has 0 amide bonds. The zero-order chi connectivity index (χ0) is 6.69. The number of terminal acetylenes is 1. The lowest BCUT2D eigenvalue weighted by molar-refractivity contribution is 0.996. The number of nitrogens with zero attached hydrogens (tertiary/aromatic N) is 2. The molecule has 0 spiro atoms. The van der Waals surface area contributed by atoms with Crippen LogP contribution in [0, 0.1) is 19.3 Å². The Morgan fingerprint density at radius 3 is 2.89 bits per heavy atom. The first-order valence-corrected chi connectivity index (χ1v) is 2.59. The molecule has 0 atom stereocenters. The van der Waals surface area contributed by atoms with Gasteiger partial charge in [-0.1, -0.05) is 0 Å². The topological polar surface area (TPSA) is 25.8 Å². The fourth-order valence-corrected chi connectivity index (χ4v) is 0.537. The van der Waals surface area contributed by atoms with Gasteiger partial charge in [0.15, 0.2) is 0 Å². The third kappa shape index (κ3) is 1.06. The number of rotatable bonds is 0. The van der Waals surface area contributed by atoms with Crippen LogP contribution in [0.4, 0.5) is 0 Å². The summed E-state index contributed by atoms with van der Waals surface area (Å²) in [5, 5.41) is 7.33. The molecule has 0 aliphatic heterocycles. The second kappa shape index (κ2) is 2.27. The molecule has 0 unspecified atom stereocenters. The second-order valence-corrected chi connectivity index (χ2v) is 1.71. The van der Waals surface area contributed by atoms with Crippen molar-refractivity contribution in [1.29, 1.82) is 0 Å². The van der Waals surface area contributed by atoms with Crippen molar-refractivity contribution in [3.05, 3.63) is 23.5 Å². The Labute approximate surface area is 53.9 Å². The molecule has 1 rings (SSSR count). The van der Waals surface area contributed by atoms with E-state index in [4.69, 9.17) is 6.42 Å². The van der Waals surface area contributed by atoms with Crippen LogP contribution in [0.1, 0.15) is 11.3 Å². The van der Waals surface area contributed by atoms with Gasteiger partial charge in [-0.3, -0.25) is 0 Å². The molecule has 0 bridgehead atoms. The minimum absolute atomic E-state index is 0.623. The molecule has 0 saturated carbocycles. The van der Waals surface area contributed by atoms with Crippen molar-refractivity contribution in [3.8, 4) is 12.3 Å². The average Bonchev–Trinajstić information content (AvgIpc) is 1.89. The van der Waals surface area contributed by atoms with E-state index in [1.807, 2.05) is 13.0 Å². The highest BCUT2D eigenvalue weighted by molar-refractivity contribution is 5.30. The quantitative estimate of drug-likeness (QED) is 0.470. The van der Waals surface area contributed by atoms with E-state index >= 15 is 0 Å². The average molecular weight is 118 g/mol. The van der Waals surface area contributed by atoms with Crippen LogP contribution in [0.25, 0.3) is 0 Å². The number of hydrogen-bond acceptors (Lipinski definition) is 2. The summed E-state index contributed by atoms with van der Waals surface area (Å²) in [7, 11) is 0. The first-order valence-electron chi connectivity index (χ1n) is 2.59. The first-order chi connectivity index (χ1) is 4.34. The van der Waals surface area contributed by atoms with E-state index in [0.717, 1.165) is 5.56 Å². The maximum absolute atomic E-state index is 5.10. The lowest BCUT2D eigenvalue weighted by Gasteiger charge is -1.90. The van der Waals surface area contributed by atoms with Crippen molar-refractivity contribution in [2.75, 3.05) is 0 Å². The molecule has 1 heterocycles. The Morgan fingerprint density at radius 1 is 1.67 bits per heavy atom. The third-order valence-electron chi connectivity index (χ3n) is 1.06. The molecule has 0 N–H and O–H groups in total. The van der Waals surface area contributed by atoms with E-state index in [1.165, 1.54) is 0 Å². The smallest absolute Gasteiger partial charge is 0.138 e. The summed E-state index contributed by atoms with van der Waals surface area (Å²) in [6.45, 7) is 1.91. The van der Waals surface area contributed by atoms with E-state index in [2.05, 4.69) is 16.1 Å². The van der Waals surface area contributed by atoms with Crippen molar-refractivity contribution >= 4 is 0 Å². The molecule has 1 aromatic heterocycles. The predicted molar refractivity (Wildman–Crippen MR) is 34.7 cm³/mol. The van der Waals surface area contributed by atoms with Gasteiger partial charge in [0.2, 0.25) is 0 Å². The van der Waals surface area contributed by atoms with E-state index in [-0.39, 0.29) is 0 Å². The highest BCUT2D eigenvalue weighted by atomic mass is 15.1. The molecule has 0 fully saturated rings. The highest BCUT2D eigenvalue weighted by Crippen LogP contribution is 1.97. The fraction of sp³-hybridized carbons (Fsp3) is 0.143. The largest absolute Gasteiger partial charge is 0.158 e. The molecular formula is C7H6N2. The van der Waals surface area contributed by atoms with Crippen LogP contribution >= 0.6 is 0 Å². The predicted octanol–water partition coefficient (Wildman–Crippen LogP) is 0.766. The van der Waals surface area contributed by atoms with Crippen molar-refractivity contribution in [2.24, 2.45) is 0 Å². The van der Waals surface area contributed by atoms with Gasteiger partial charge in [0.05, 0.1) is 0 Å². The monoisotopic (exact) mass is 118 g/mol. The summed E-state index contributed by atoms with van der Waals surface area (Å²) in [5.74, 6) is 2.42. The summed E-state index contributed by atoms with van der Waals surface area (Å²) in [4.78, 5) is 0. The Kier molecular flexibility index (Phi) is 1.46. The Bertz CT molecular complexity index is 247. The van der Waals surface area contributed by atoms with Gasteiger partial charge in [-0.15, -0.1) is 11.5 Å². The molecule has 0 aliphatic rings. The highest BCUT2D eigenvalue weighted by Gasteiger charge is 1.90. The fourth-order valence-electron chi connectivity index (χ4n) is 0.537. The summed E-state index contributed by atoms with van der Waals surface area (Å²) in [5.41, 5.74) is 1.62. The molecule has 0 radical (unpaired) electrons. The van der Waals surface area contributed by atoms with Gasteiger partial charge in [-0.2, -0.15) is 5.10 Å². The number of aromatic nitrogens is 2. The van der Waals surface area contributed by atoms with Crippen molar-refractivity contribution < 1.29 is 0 Å². The van der Waals surface area contributed by atoms with Crippen LogP contribution < -0.4 is 0 Å². The SMILES string of the molecule is C#Cc1nnccc1C. The minimum Gasteiger partial charge on any atom is -0.158 e. The molecule has 1 aromatic rings. The second-order valence-electron chi connectivity index (χ2n) is 1.71. The summed E-state index contributed by atoms with van der Waals surface area (Å²) in [6, 6.07) is 1.84. The molecule has 0 saturated heterocycles. The summed E-state index contributed by atoms with van der Waals surface area (Å²) >= 11 is 0. The Morgan fingerprint density at radius 2 is 2.44 bits per heavy atom. The van der Waals surface area contributed by atoms with Gasteiger partial charge >= 0.3 is 0 Å². The van der Waals surface area contributed by atoms with Crippen molar-refractivity contribution in [3.63, 3.8) is 0 Å². The minimum atomic E-state index is 0.623. The van der Waals surface area contributed by atoms with Crippen molar-refractivity contribution in [1.82, 2.24) is 10.2 Å². The van der Waals surface area contributed by atoms with Gasteiger partial charge in [0.25, 0.3) is 0 Å². The van der Waals surface area contributed by atoms with Crippen LogP contribution in [0.3, 0.4) is 0 Å². The molecule has 2 heteroatoms. The maximum atomic E-state index is 5.10. The summed E-state index contributed by atoms with van der Waals surface area (Å²) in [6.07, 6.45) is 6.72. The number of aryl methyl sites for hydroxylation is 1. The molecule has 44 valence electrons. The molecule has 0 aromatic carbocycles. The van der Waals surface area contributed by atoms with Crippen LogP contribution in [-0.2, 0) is 0 Å². The van der Waals surface area contributed by atoms with Crippen LogP contribution in [-0.4, -0.2) is 10.2 Å². The normalized spacial score (nSPS) is 8.44. The van der Waals surface area contributed by atoms with E-state index in [0.29, 0.717) is 5.69 Å². The van der Waals surface area contributed by atoms with Gasteiger partial charge in [-0.05, 0) is 24.5 Å². The van der Waals surface area contributed by atoms with Gasteiger partial charge in [0, 0.05) is 6.20 Å². The van der Waals surface area contributed by atoms with Crippen molar-refractivity contribution in [2.45, 2.75) is 6.92 Å². The molecule has 2 nitrogen and oxygen atoms in total. The van der Waals surface area contributed by atoms with Gasteiger partial charge < -0.3 is 0 Å². The van der Waals surface area contributed by atoms with Crippen LogP contribution in [0.5, 0.6) is 0 Å². The first kappa shape index (κ1) is 5.77. The van der Waals surface area contributed by atoms with E-state index < -0.39 is 0 Å². The Hall–Kier alpha value is -1.36. The molecule has 9 heavy (non-hydrogen) atoms. The molecular weight excluding hydrogens is 112 g/mol. The zero-order valence-corrected chi connectivity index (χ0v) is 5.13. The number of hydrogen-bond donors (Lipinski definition) is 0. The van der Waals surface area contributed by atoms with Gasteiger partial charge in [-0.25, -0.2) is 0 Å². The Balaban J connectivity index is 3.20. The maximum Gasteiger partial charge on any atom is 0.138 e. The standard InChI is InChI=1S/C7H6N2/c1-3-7-6(2)4-5-8-9-7/h1,4-5H,2H3. The third-order valence-corrected chi connectivity index (χ3v) is 1.06. The van der Waals surface area contributed by atoms with Crippen LogP contribution in [0.15, 0.2) is 12.3 Å². The summed E-state index contributed by atoms with van der Waals surface area (Å²) < 4.78 is 0. The zero-order valence-electron chi connectivity index (χ0n) is 5.13. The van der Waals surface area contributed by atoms with Crippen LogP contribution in [0.2, 0.25) is 0 Å².